The molecule has 104 valence electrons. The number of sulfonamides is 1. The second-order valence-electron chi connectivity index (χ2n) is 3.63. The van der Waals surface area contributed by atoms with Crippen molar-refractivity contribution in [3.8, 4) is 0 Å². The van der Waals surface area contributed by atoms with Gasteiger partial charge in [0, 0.05) is 6.61 Å². The summed E-state index contributed by atoms with van der Waals surface area (Å²) in [6.45, 7) is 2.06. The van der Waals surface area contributed by atoms with Crippen LogP contribution in [0.5, 0.6) is 0 Å². The first-order chi connectivity index (χ1) is 8.54. The minimum absolute atomic E-state index is 0.0240. The van der Waals surface area contributed by atoms with Gasteiger partial charge in [0.05, 0.1) is 19.8 Å². The number of furan rings is 1. The lowest BCUT2D eigenvalue weighted by atomic mass is 10.4. The van der Waals surface area contributed by atoms with Gasteiger partial charge in [0.15, 0.2) is 0 Å². The highest BCUT2D eigenvalue weighted by Crippen LogP contribution is 2.11. The summed E-state index contributed by atoms with van der Waals surface area (Å²) >= 11 is 0. The lowest BCUT2D eigenvalue weighted by Crippen LogP contribution is -2.16. The van der Waals surface area contributed by atoms with E-state index < -0.39 is 10.0 Å². The Morgan fingerprint density at radius 1 is 1.39 bits per heavy atom. The number of ether oxygens (including phenoxy) is 1. The van der Waals surface area contributed by atoms with Gasteiger partial charge in [-0.25, -0.2) is 13.6 Å². The number of hydrogen-bond acceptors (Lipinski definition) is 6. The summed E-state index contributed by atoms with van der Waals surface area (Å²) in [5, 5.41) is 16.2. The molecule has 1 heterocycles. The molecule has 0 aliphatic carbocycles. The Balaban J connectivity index is 2.18. The minimum Gasteiger partial charge on any atom is -0.447 e. The maximum absolute atomic E-state index is 10.9. The number of nitrogens with two attached hydrogens (primary N) is 1. The number of hydrogen-bond donors (Lipinski definition) is 3. The minimum atomic E-state index is -3.77. The molecule has 0 unspecified atom stereocenters. The molecule has 4 N–H and O–H groups in total. The molecule has 1 aromatic heterocycles. The fourth-order valence-electron chi connectivity index (χ4n) is 1.28. The Morgan fingerprint density at radius 3 is 2.78 bits per heavy atom. The van der Waals surface area contributed by atoms with Gasteiger partial charge < -0.3 is 19.6 Å². The molecule has 0 aromatic carbocycles. The summed E-state index contributed by atoms with van der Waals surface area (Å²) in [5.41, 5.74) is 0. The van der Waals surface area contributed by atoms with Crippen molar-refractivity contribution >= 4 is 10.0 Å². The van der Waals surface area contributed by atoms with Gasteiger partial charge >= 0.3 is 0 Å². The van der Waals surface area contributed by atoms with Crippen LogP contribution in [0.15, 0.2) is 21.6 Å². The third-order valence-corrected chi connectivity index (χ3v) is 2.87. The molecule has 0 radical (unpaired) electrons. The summed E-state index contributed by atoms with van der Waals surface area (Å²) in [4.78, 5) is 0. The Kier molecular flexibility index (Phi) is 6.30. The lowest BCUT2D eigenvalue weighted by molar-refractivity contribution is 0.0906. The van der Waals surface area contributed by atoms with E-state index in [1.165, 1.54) is 6.07 Å². The van der Waals surface area contributed by atoms with E-state index in [0.717, 1.165) is 6.42 Å². The van der Waals surface area contributed by atoms with Gasteiger partial charge in [-0.2, -0.15) is 0 Å². The molecular weight excluding hydrogens is 260 g/mol. The molecular formula is C10H18N2O5S. The van der Waals surface area contributed by atoms with Crippen LogP contribution in [0.2, 0.25) is 0 Å². The molecule has 1 rings (SSSR count). The van der Waals surface area contributed by atoms with Gasteiger partial charge in [-0.15, -0.1) is 0 Å². The van der Waals surface area contributed by atoms with Crippen molar-refractivity contribution in [2.45, 2.75) is 18.1 Å². The molecule has 8 heteroatoms. The summed E-state index contributed by atoms with van der Waals surface area (Å²) in [7, 11) is -3.77. The summed E-state index contributed by atoms with van der Waals surface area (Å²) in [6, 6.07) is 2.89. The van der Waals surface area contributed by atoms with E-state index in [4.69, 9.17) is 19.4 Å². The Morgan fingerprint density at radius 2 is 2.17 bits per heavy atom. The fourth-order valence-corrected chi connectivity index (χ4v) is 1.76. The molecule has 7 nitrogen and oxygen atoms in total. The smallest absolute Gasteiger partial charge is 0.271 e. The molecule has 0 aliphatic rings. The quantitative estimate of drug-likeness (QED) is 0.520. The zero-order valence-electron chi connectivity index (χ0n) is 9.96. The topological polar surface area (TPSA) is 115 Å². The van der Waals surface area contributed by atoms with E-state index in [9.17, 15) is 8.42 Å². The van der Waals surface area contributed by atoms with Crippen LogP contribution in [0.3, 0.4) is 0 Å². The van der Waals surface area contributed by atoms with Crippen molar-refractivity contribution in [1.29, 1.82) is 0 Å². The third kappa shape index (κ3) is 5.61. The number of nitrogens with one attached hydrogen (secondary N) is 1. The largest absolute Gasteiger partial charge is 0.447 e. The van der Waals surface area contributed by atoms with Gasteiger partial charge in [-0.1, -0.05) is 0 Å². The predicted molar refractivity (Wildman–Crippen MR) is 64.3 cm³/mol. The van der Waals surface area contributed by atoms with Gasteiger partial charge in [-0.3, -0.25) is 0 Å². The van der Waals surface area contributed by atoms with Gasteiger partial charge in [0.2, 0.25) is 5.09 Å². The molecule has 0 saturated heterocycles. The first-order valence-electron chi connectivity index (χ1n) is 5.55. The number of aliphatic hydroxyl groups is 1. The molecule has 0 saturated carbocycles. The first-order valence-corrected chi connectivity index (χ1v) is 7.09. The molecule has 0 fully saturated rings. The van der Waals surface area contributed by atoms with Crippen molar-refractivity contribution in [3.05, 3.63) is 17.9 Å². The number of aliphatic hydroxyl groups excluding tert-OH is 1. The zero-order valence-corrected chi connectivity index (χ0v) is 10.8. The van der Waals surface area contributed by atoms with Gasteiger partial charge in [-0.05, 0) is 25.1 Å². The maximum atomic E-state index is 10.9. The fraction of sp³-hybridized carbons (Fsp3) is 0.600. The second kappa shape index (κ2) is 7.49. The third-order valence-electron chi connectivity index (χ3n) is 2.09. The van der Waals surface area contributed by atoms with Crippen LogP contribution < -0.4 is 10.5 Å². The molecule has 1 aromatic rings. The Bertz CT molecular complexity index is 443. The highest BCUT2D eigenvalue weighted by molar-refractivity contribution is 7.89. The molecule has 0 bridgehead atoms. The van der Waals surface area contributed by atoms with Gasteiger partial charge in [0.1, 0.15) is 5.76 Å². The SMILES string of the molecule is NS(=O)(=O)c1ccc(CNCCCOCCO)o1. The average Bonchev–Trinajstić information content (AvgIpc) is 2.76. The molecule has 0 spiro atoms. The van der Waals surface area contributed by atoms with Crippen LogP contribution in [0, 0.1) is 0 Å². The van der Waals surface area contributed by atoms with Crippen LogP contribution >= 0.6 is 0 Å². The van der Waals surface area contributed by atoms with Crippen molar-refractivity contribution in [2.75, 3.05) is 26.4 Å². The van der Waals surface area contributed by atoms with Crippen LogP contribution in [-0.2, 0) is 21.3 Å². The summed E-state index contributed by atoms with van der Waals surface area (Å²) < 4.78 is 32.0. The zero-order chi connectivity index (χ0) is 13.4. The van der Waals surface area contributed by atoms with E-state index in [-0.39, 0.29) is 11.7 Å². The normalized spacial score (nSPS) is 11.9. The van der Waals surface area contributed by atoms with Gasteiger partial charge in [0.25, 0.3) is 10.0 Å². The van der Waals surface area contributed by atoms with Crippen LogP contribution in [0.25, 0.3) is 0 Å². The lowest BCUT2D eigenvalue weighted by Gasteiger charge is -2.03. The standard InChI is InChI=1S/C10H18N2O5S/c11-18(14,15)10-3-2-9(17-10)8-12-4-1-6-16-7-5-13/h2-3,12-13H,1,4-8H2,(H2,11,14,15). The average molecular weight is 278 g/mol. The van der Waals surface area contributed by atoms with Crippen molar-refractivity contribution in [2.24, 2.45) is 5.14 Å². The van der Waals surface area contributed by atoms with Crippen LogP contribution in [0.4, 0.5) is 0 Å². The highest BCUT2D eigenvalue weighted by Gasteiger charge is 2.12. The molecule has 0 aliphatic heterocycles. The van der Waals surface area contributed by atoms with Crippen molar-refractivity contribution in [1.82, 2.24) is 5.32 Å². The Hall–Kier alpha value is -0.930. The van der Waals surface area contributed by atoms with E-state index in [0.29, 0.717) is 32.1 Å². The first kappa shape index (κ1) is 15.1. The predicted octanol–water partition coefficient (Wildman–Crippen LogP) is -0.584. The highest BCUT2D eigenvalue weighted by atomic mass is 32.2. The van der Waals surface area contributed by atoms with E-state index in [2.05, 4.69) is 5.32 Å². The summed E-state index contributed by atoms with van der Waals surface area (Å²) in [6.07, 6.45) is 0.794. The van der Waals surface area contributed by atoms with Crippen molar-refractivity contribution in [3.63, 3.8) is 0 Å². The maximum Gasteiger partial charge on any atom is 0.271 e. The monoisotopic (exact) mass is 278 g/mol. The van der Waals surface area contributed by atoms with Crippen molar-refractivity contribution < 1.29 is 22.7 Å². The van der Waals surface area contributed by atoms with E-state index in [1.54, 1.807) is 6.07 Å². The molecule has 0 atom stereocenters. The van der Waals surface area contributed by atoms with E-state index in [1.807, 2.05) is 0 Å². The molecule has 0 amide bonds. The summed E-state index contributed by atoms with van der Waals surface area (Å²) in [5.74, 6) is 0.510. The number of rotatable bonds is 9. The second-order valence-corrected chi connectivity index (χ2v) is 5.12. The van der Waals surface area contributed by atoms with E-state index >= 15 is 0 Å². The Labute approximate surface area is 106 Å². The van der Waals surface area contributed by atoms with Crippen LogP contribution in [0.1, 0.15) is 12.2 Å². The molecule has 18 heavy (non-hydrogen) atoms. The van der Waals surface area contributed by atoms with Crippen LogP contribution in [-0.4, -0.2) is 39.9 Å². The number of primary sulfonamides is 1.